The molecule has 0 saturated heterocycles. The topological polar surface area (TPSA) is 55.8 Å². The number of halogens is 1. The summed E-state index contributed by atoms with van der Waals surface area (Å²) < 4.78 is 10.9. The van der Waals surface area contributed by atoms with E-state index in [9.17, 15) is 9.59 Å². The first kappa shape index (κ1) is 22.4. The average molecular weight is 460 g/mol. The van der Waals surface area contributed by atoms with Crippen molar-refractivity contribution in [2.24, 2.45) is 0 Å². The Hall–Kier alpha value is -3.83. The smallest absolute Gasteiger partial charge is 0.340 e. The molecule has 0 aromatic heterocycles. The van der Waals surface area contributed by atoms with Gasteiger partial charge in [0, 0.05) is 10.7 Å². The van der Waals surface area contributed by atoms with E-state index in [2.05, 4.69) is 0 Å². The molecule has 1 aliphatic heterocycles. The molecule has 0 unspecified atom stereocenters. The summed E-state index contributed by atoms with van der Waals surface area (Å²) in [6, 6.07) is 22.1. The van der Waals surface area contributed by atoms with Crippen molar-refractivity contribution >= 4 is 35.2 Å². The summed E-state index contributed by atoms with van der Waals surface area (Å²) >= 11 is 6.29. The van der Waals surface area contributed by atoms with E-state index in [0.29, 0.717) is 33.5 Å². The number of nitrogens with zero attached hydrogens (tertiary/aromatic N) is 1. The predicted octanol–water partition coefficient (Wildman–Crippen LogP) is 6.32. The molecule has 3 aromatic carbocycles. The number of anilines is 1. The van der Waals surface area contributed by atoms with Crippen LogP contribution in [0.2, 0.25) is 5.02 Å². The lowest BCUT2D eigenvalue weighted by Gasteiger charge is -2.18. The van der Waals surface area contributed by atoms with E-state index in [-0.39, 0.29) is 17.1 Å². The number of rotatable bonds is 5. The van der Waals surface area contributed by atoms with Gasteiger partial charge < -0.3 is 9.47 Å². The fourth-order valence-electron chi connectivity index (χ4n) is 3.67. The van der Waals surface area contributed by atoms with Gasteiger partial charge in [-0.2, -0.15) is 0 Å². The minimum absolute atomic E-state index is 0.216. The van der Waals surface area contributed by atoms with E-state index in [0.717, 1.165) is 5.56 Å². The number of aryl methyl sites for hydroxylation is 1. The molecule has 0 fully saturated rings. The standard InChI is InChI=1S/C27H22ClNO4/c1-17-12-13-20(16-24(17)28)29-18(2)25(27(31)32-3)23(26(29)30)15-19-8-7-11-22(14-19)33-21-9-5-4-6-10-21/h4-16H,1-3H3/b23-15-. The Kier molecular flexibility index (Phi) is 6.33. The number of para-hydroxylation sites is 1. The number of carbonyl (C=O) groups is 2. The lowest BCUT2D eigenvalue weighted by Crippen LogP contribution is -2.24. The molecule has 0 saturated carbocycles. The molecule has 0 N–H and O–H groups in total. The Morgan fingerprint density at radius 1 is 0.939 bits per heavy atom. The third-order valence-corrected chi connectivity index (χ3v) is 5.76. The minimum Gasteiger partial charge on any atom is -0.465 e. The van der Waals surface area contributed by atoms with Gasteiger partial charge in [0.15, 0.2) is 0 Å². The number of ether oxygens (including phenoxy) is 2. The first-order valence-electron chi connectivity index (χ1n) is 10.3. The summed E-state index contributed by atoms with van der Waals surface area (Å²) in [6.45, 7) is 3.60. The summed E-state index contributed by atoms with van der Waals surface area (Å²) in [5, 5.41) is 0.538. The van der Waals surface area contributed by atoms with Crippen LogP contribution in [0, 0.1) is 6.92 Å². The molecule has 0 bridgehead atoms. The maximum atomic E-state index is 13.5. The molecule has 1 heterocycles. The van der Waals surface area contributed by atoms with E-state index in [1.54, 1.807) is 25.1 Å². The number of esters is 1. The van der Waals surface area contributed by atoms with Crippen molar-refractivity contribution in [1.29, 1.82) is 0 Å². The maximum Gasteiger partial charge on any atom is 0.340 e. The highest BCUT2D eigenvalue weighted by Crippen LogP contribution is 2.37. The fourth-order valence-corrected chi connectivity index (χ4v) is 3.85. The molecule has 0 aliphatic carbocycles. The SMILES string of the molecule is COC(=O)C1=C(C)N(c2ccc(C)c(Cl)c2)C(=O)/C1=C\c1cccc(Oc2ccccc2)c1. The monoisotopic (exact) mass is 459 g/mol. The summed E-state index contributed by atoms with van der Waals surface area (Å²) in [5.41, 5.74) is 3.13. The van der Waals surface area contributed by atoms with Crippen molar-refractivity contribution in [3.63, 3.8) is 0 Å². The van der Waals surface area contributed by atoms with Crippen molar-refractivity contribution in [1.82, 2.24) is 0 Å². The Labute approximate surface area is 197 Å². The van der Waals surface area contributed by atoms with Crippen molar-refractivity contribution in [3.05, 3.63) is 106 Å². The van der Waals surface area contributed by atoms with Crippen molar-refractivity contribution in [3.8, 4) is 11.5 Å². The number of benzene rings is 3. The van der Waals surface area contributed by atoms with Crippen LogP contribution in [0.25, 0.3) is 6.08 Å². The predicted molar refractivity (Wildman–Crippen MR) is 129 cm³/mol. The number of amides is 1. The van der Waals surface area contributed by atoms with Crippen LogP contribution in [0.1, 0.15) is 18.1 Å². The van der Waals surface area contributed by atoms with Gasteiger partial charge in [-0.1, -0.05) is 48.0 Å². The molecule has 0 radical (unpaired) electrons. The number of methoxy groups -OCH3 is 1. The van der Waals surface area contributed by atoms with E-state index >= 15 is 0 Å². The minimum atomic E-state index is -0.579. The largest absolute Gasteiger partial charge is 0.465 e. The van der Waals surface area contributed by atoms with E-state index in [1.165, 1.54) is 12.0 Å². The molecule has 33 heavy (non-hydrogen) atoms. The van der Waals surface area contributed by atoms with Crippen LogP contribution in [0.4, 0.5) is 5.69 Å². The van der Waals surface area contributed by atoms with Crippen molar-refractivity contribution in [2.45, 2.75) is 13.8 Å². The van der Waals surface area contributed by atoms with Crippen LogP contribution in [-0.4, -0.2) is 19.0 Å². The number of hydrogen-bond acceptors (Lipinski definition) is 4. The van der Waals surface area contributed by atoms with Gasteiger partial charge in [-0.05, 0) is 67.4 Å². The highest BCUT2D eigenvalue weighted by molar-refractivity contribution is 6.32. The quantitative estimate of drug-likeness (QED) is 0.331. The third-order valence-electron chi connectivity index (χ3n) is 5.35. The molecule has 0 spiro atoms. The number of carbonyl (C=O) groups excluding carboxylic acids is 2. The van der Waals surface area contributed by atoms with Crippen LogP contribution >= 0.6 is 11.6 Å². The van der Waals surface area contributed by atoms with Gasteiger partial charge in [0.25, 0.3) is 5.91 Å². The lowest BCUT2D eigenvalue weighted by atomic mass is 10.0. The molecular weight excluding hydrogens is 438 g/mol. The van der Waals surface area contributed by atoms with Gasteiger partial charge in [-0.25, -0.2) is 4.79 Å². The second-order valence-corrected chi connectivity index (χ2v) is 7.98. The average Bonchev–Trinajstić information content (AvgIpc) is 3.05. The van der Waals surface area contributed by atoms with Gasteiger partial charge in [0.2, 0.25) is 0 Å². The zero-order valence-corrected chi connectivity index (χ0v) is 19.2. The van der Waals surface area contributed by atoms with Crippen LogP contribution < -0.4 is 9.64 Å². The molecule has 1 aliphatic rings. The highest BCUT2D eigenvalue weighted by atomic mass is 35.5. The zero-order chi connectivity index (χ0) is 23.5. The Bertz CT molecular complexity index is 1290. The molecule has 0 atom stereocenters. The van der Waals surface area contributed by atoms with Gasteiger partial charge in [0.05, 0.1) is 23.9 Å². The Morgan fingerprint density at radius 3 is 2.36 bits per heavy atom. The van der Waals surface area contributed by atoms with E-state index < -0.39 is 5.97 Å². The fraction of sp³-hybridized carbons (Fsp3) is 0.111. The summed E-state index contributed by atoms with van der Waals surface area (Å²) in [6.07, 6.45) is 1.67. The first-order valence-corrected chi connectivity index (χ1v) is 10.7. The number of allylic oxidation sites excluding steroid dienone is 1. The molecule has 6 heteroatoms. The molecule has 1 amide bonds. The second kappa shape index (κ2) is 9.35. The summed E-state index contributed by atoms with van der Waals surface area (Å²) in [5.74, 6) is 0.405. The molecule has 5 nitrogen and oxygen atoms in total. The van der Waals surface area contributed by atoms with Crippen LogP contribution in [-0.2, 0) is 14.3 Å². The second-order valence-electron chi connectivity index (χ2n) is 7.57. The lowest BCUT2D eigenvalue weighted by molar-refractivity contribution is -0.136. The molecule has 4 rings (SSSR count). The maximum absolute atomic E-state index is 13.5. The highest BCUT2D eigenvalue weighted by Gasteiger charge is 2.38. The van der Waals surface area contributed by atoms with Crippen LogP contribution in [0.5, 0.6) is 11.5 Å². The summed E-state index contributed by atoms with van der Waals surface area (Å²) in [7, 11) is 1.30. The van der Waals surface area contributed by atoms with Crippen molar-refractivity contribution < 1.29 is 19.1 Å². The molecule has 166 valence electrons. The van der Waals surface area contributed by atoms with Crippen LogP contribution in [0.3, 0.4) is 0 Å². The van der Waals surface area contributed by atoms with Gasteiger partial charge in [0.1, 0.15) is 11.5 Å². The van der Waals surface area contributed by atoms with Crippen LogP contribution in [0.15, 0.2) is 89.6 Å². The Morgan fingerprint density at radius 2 is 1.67 bits per heavy atom. The molecule has 3 aromatic rings. The number of hydrogen-bond donors (Lipinski definition) is 0. The van der Waals surface area contributed by atoms with Crippen molar-refractivity contribution in [2.75, 3.05) is 12.0 Å². The zero-order valence-electron chi connectivity index (χ0n) is 18.5. The third kappa shape index (κ3) is 4.54. The first-order chi connectivity index (χ1) is 15.9. The van der Waals surface area contributed by atoms with Gasteiger partial charge in [-0.15, -0.1) is 0 Å². The van der Waals surface area contributed by atoms with Gasteiger partial charge >= 0.3 is 5.97 Å². The van der Waals surface area contributed by atoms with E-state index in [1.807, 2.05) is 67.6 Å². The van der Waals surface area contributed by atoms with E-state index in [4.69, 9.17) is 21.1 Å². The summed E-state index contributed by atoms with van der Waals surface area (Å²) in [4.78, 5) is 27.6. The normalized spacial score (nSPS) is 14.7. The Balaban J connectivity index is 1.74. The molecular formula is C27H22ClNO4. The van der Waals surface area contributed by atoms with Gasteiger partial charge in [-0.3, -0.25) is 9.69 Å².